The second-order valence-corrected chi connectivity index (χ2v) is 0.500. The van der Waals surface area contributed by atoms with Crippen molar-refractivity contribution in [2.24, 2.45) is 0 Å². The molecule has 0 radical (unpaired) electrons. The molecule has 0 aliphatic carbocycles. The van der Waals surface area contributed by atoms with E-state index in [4.69, 9.17) is 18.9 Å². The van der Waals surface area contributed by atoms with Crippen LogP contribution in [0.2, 0.25) is 0 Å². The predicted octanol–water partition coefficient (Wildman–Crippen LogP) is -1.81. The molecule has 2 atom stereocenters. The summed E-state index contributed by atoms with van der Waals surface area (Å²) in [5.74, 6) is 0. The third-order valence-electron chi connectivity index (χ3n) is 0. The molecule has 36 valence electrons. The summed E-state index contributed by atoms with van der Waals surface area (Å²) >= 11 is 0. The van der Waals surface area contributed by atoms with Crippen molar-refractivity contribution >= 4 is 55.1 Å². The van der Waals surface area contributed by atoms with E-state index in [0.717, 1.165) is 0 Å². The van der Waals surface area contributed by atoms with Crippen molar-refractivity contribution in [3.63, 3.8) is 0 Å². The zero-order valence-corrected chi connectivity index (χ0v) is 7.55. The molecular formula is H2CaO4P2+2. The van der Waals surface area contributed by atoms with Gasteiger partial charge in [0.25, 0.3) is 17.4 Å². The Hall–Kier alpha value is 1.38. The van der Waals surface area contributed by atoms with Crippen molar-refractivity contribution in [3.05, 3.63) is 0 Å². The monoisotopic (exact) mass is 168 g/mol. The summed E-state index contributed by atoms with van der Waals surface area (Å²) in [4.78, 5) is 16.8. The van der Waals surface area contributed by atoms with E-state index in [0.29, 0.717) is 0 Å². The summed E-state index contributed by atoms with van der Waals surface area (Å²) in [6.07, 6.45) is 0. The van der Waals surface area contributed by atoms with Crippen molar-refractivity contribution < 1.29 is 18.9 Å². The Morgan fingerprint density at radius 3 is 1.00 bits per heavy atom. The van der Waals surface area contributed by atoms with E-state index in [9.17, 15) is 0 Å². The first kappa shape index (κ1) is 15.8. The Morgan fingerprint density at radius 1 is 1.00 bits per heavy atom. The summed E-state index contributed by atoms with van der Waals surface area (Å²) in [5.41, 5.74) is 0. The summed E-state index contributed by atoms with van der Waals surface area (Å²) in [6.45, 7) is 0. The average molecular weight is 168 g/mol. The van der Waals surface area contributed by atoms with Crippen LogP contribution in [0.4, 0.5) is 0 Å². The van der Waals surface area contributed by atoms with Gasteiger partial charge >= 0.3 is 37.7 Å². The quantitative estimate of drug-likeness (QED) is 0.315. The third kappa shape index (κ3) is 112. The molecule has 0 saturated carbocycles. The number of rotatable bonds is 0. The number of hydrogen-bond acceptors (Lipinski definition) is 4. The van der Waals surface area contributed by atoms with Crippen LogP contribution in [0.15, 0.2) is 0 Å². The van der Waals surface area contributed by atoms with E-state index in [1.165, 1.54) is 0 Å². The summed E-state index contributed by atoms with van der Waals surface area (Å²) in [7, 11) is -2.83. The normalized spacial score (nSPS) is 6.00. The van der Waals surface area contributed by atoms with Gasteiger partial charge < -0.3 is 9.79 Å². The molecule has 2 unspecified atom stereocenters. The molecule has 0 aromatic heterocycles. The van der Waals surface area contributed by atoms with E-state index >= 15 is 0 Å². The predicted molar refractivity (Wildman–Crippen MR) is 23.8 cm³/mol. The molecule has 0 aromatic carbocycles. The Bertz CT molecular complexity index is 30.7. The van der Waals surface area contributed by atoms with Crippen molar-refractivity contribution in [3.8, 4) is 0 Å². The van der Waals surface area contributed by atoms with Crippen LogP contribution >= 0.6 is 17.4 Å². The van der Waals surface area contributed by atoms with Crippen molar-refractivity contribution in [2.45, 2.75) is 0 Å². The fraction of sp³-hybridized carbons (Fsp3) is 0. The van der Waals surface area contributed by atoms with Crippen LogP contribution in [0.25, 0.3) is 0 Å². The largest absolute Gasteiger partial charge is 2.00 e. The smallest absolute Gasteiger partial charge is 0.597 e. The molecule has 0 spiro atoms. The molecular weight excluding hydrogens is 166 g/mol. The van der Waals surface area contributed by atoms with E-state index in [-0.39, 0.29) is 37.7 Å². The van der Waals surface area contributed by atoms with Crippen LogP contribution in [0.3, 0.4) is 0 Å². The van der Waals surface area contributed by atoms with Gasteiger partial charge in [-0.2, -0.15) is 0 Å². The molecule has 0 amide bonds. The maximum absolute atomic E-state index is 8.40. The van der Waals surface area contributed by atoms with Gasteiger partial charge in [-0.1, -0.05) is 9.13 Å². The number of hydrogen-bond donors (Lipinski definition) is 0. The molecule has 4 nitrogen and oxygen atoms in total. The van der Waals surface area contributed by atoms with Gasteiger partial charge in [0.1, 0.15) is 0 Å². The molecule has 0 aromatic rings. The van der Waals surface area contributed by atoms with Crippen LogP contribution in [0, 0.1) is 0 Å². The molecule has 7 heteroatoms. The fourth-order valence-electron chi connectivity index (χ4n) is 0. The second-order valence-electron chi connectivity index (χ2n) is 0.167. The Kier molecular flexibility index (Phi) is 59.2. The van der Waals surface area contributed by atoms with Crippen LogP contribution in [-0.2, 0) is 9.13 Å². The second kappa shape index (κ2) is 26.3. The third-order valence-corrected chi connectivity index (χ3v) is 0. The van der Waals surface area contributed by atoms with Gasteiger partial charge in [0.2, 0.25) is 0 Å². The van der Waals surface area contributed by atoms with E-state index in [2.05, 4.69) is 0 Å². The van der Waals surface area contributed by atoms with Gasteiger partial charge in [0.05, 0.1) is 0 Å². The van der Waals surface area contributed by atoms with Gasteiger partial charge in [-0.3, -0.25) is 0 Å². The summed E-state index contributed by atoms with van der Waals surface area (Å²) < 4.78 is 16.8. The summed E-state index contributed by atoms with van der Waals surface area (Å²) in [6, 6.07) is 0. The molecule has 0 fully saturated rings. The van der Waals surface area contributed by atoms with Gasteiger partial charge in [-0.15, -0.1) is 0 Å². The molecule has 0 saturated heterocycles. The van der Waals surface area contributed by atoms with Gasteiger partial charge in [0.15, 0.2) is 0 Å². The molecule has 0 N–H and O–H groups in total. The first-order valence-corrected chi connectivity index (χ1v) is 2.45. The van der Waals surface area contributed by atoms with Crippen molar-refractivity contribution in [2.75, 3.05) is 0 Å². The first-order valence-electron chi connectivity index (χ1n) is 0.816. The molecule has 0 bridgehead atoms. The first-order chi connectivity index (χ1) is 2.83. The van der Waals surface area contributed by atoms with Crippen LogP contribution in [0.5, 0.6) is 0 Å². The van der Waals surface area contributed by atoms with Crippen LogP contribution in [0.1, 0.15) is 0 Å². The summed E-state index contributed by atoms with van der Waals surface area (Å²) in [5, 5.41) is 0. The zero-order chi connectivity index (χ0) is 5.41. The molecule has 0 rings (SSSR count). The molecule has 0 aliphatic rings. The average Bonchev–Trinajstić information content (AvgIpc) is 1.39. The maximum atomic E-state index is 8.40. The standard InChI is InChI=1S/Ca.2HO2P/c;2*1-3-2/h;2*3H/q+2;;. The van der Waals surface area contributed by atoms with E-state index < -0.39 is 17.4 Å². The van der Waals surface area contributed by atoms with Crippen molar-refractivity contribution in [1.82, 2.24) is 0 Å². The van der Waals surface area contributed by atoms with Gasteiger partial charge in [0, 0.05) is 0 Å². The zero-order valence-electron chi connectivity index (χ0n) is 3.34. The molecule has 0 heterocycles. The minimum atomic E-state index is -1.42. The van der Waals surface area contributed by atoms with Gasteiger partial charge in [-0.25, -0.2) is 0 Å². The SMILES string of the molecule is O=[PH+][O-].O=[PH+][O-].[Ca+2]. The van der Waals surface area contributed by atoms with Crippen LogP contribution in [-0.4, -0.2) is 37.7 Å². The maximum Gasteiger partial charge on any atom is 2.00 e. The minimum Gasteiger partial charge on any atom is -0.597 e. The Morgan fingerprint density at radius 2 is 1.00 bits per heavy atom. The van der Waals surface area contributed by atoms with Gasteiger partial charge in [-0.05, 0) is 0 Å². The minimum absolute atomic E-state index is 0. The molecule has 0 aliphatic heterocycles. The van der Waals surface area contributed by atoms with E-state index in [1.807, 2.05) is 0 Å². The van der Waals surface area contributed by atoms with Crippen molar-refractivity contribution in [1.29, 1.82) is 0 Å². The molecule has 7 heavy (non-hydrogen) atoms. The van der Waals surface area contributed by atoms with E-state index in [1.54, 1.807) is 0 Å². The Balaban J connectivity index is -0.0000000400. The Labute approximate surface area is 73.5 Å². The van der Waals surface area contributed by atoms with Crippen LogP contribution < -0.4 is 9.79 Å². The fourth-order valence-corrected chi connectivity index (χ4v) is 0. The topological polar surface area (TPSA) is 80.3 Å².